The first-order valence-electron chi connectivity index (χ1n) is 4.39. The van der Waals surface area contributed by atoms with E-state index in [-0.39, 0.29) is 5.82 Å². The van der Waals surface area contributed by atoms with Crippen molar-refractivity contribution in [3.05, 3.63) is 18.2 Å². The molecular formula is C8H10F5N3. The fourth-order valence-electron chi connectivity index (χ4n) is 1.21. The minimum Gasteiger partial charge on any atom is -0.349 e. The number of nitrogens with zero attached hydrogens (tertiary/aromatic N) is 1. The van der Waals surface area contributed by atoms with Crippen LogP contribution in [0.15, 0.2) is 12.4 Å². The second-order valence-electron chi connectivity index (χ2n) is 3.20. The molecule has 1 atom stereocenters. The Morgan fingerprint density at radius 1 is 1.38 bits per heavy atom. The van der Waals surface area contributed by atoms with Gasteiger partial charge in [-0.1, -0.05) is 0 Å². The van der Waals surface area contributed by atoms with Crippen molar-refractivity contribution in [2.24, 2.45) is 0 Å². The van der Waals surface area contributed by atoms with Crippen LogP contribution in [-0.4, -0.2) is 35.2 Å². The van der Waals surface area contributed by atoms with E-state index in [1.807, 2.05) is 5.32 Å². The lowest BCUT2D eigenvalue weighted by Gasteiger charge is -2.27. The van der Waals surface area contributed by atoms with Crippen LogP contribution < -0.4 is 5.32 Å². The summed E-state index contributed by atoms with van der Waals surface area (Å²) in [6.07, 6.45) is -3.47. The molecule has 92 valence electrons. The molecule has 1 aromatic rings. The van der Waals surface area contributed by atoms with Crippen LogP contribution in [0.3, 0.4) is 0 Å². The molecule has 0 bridgehead atoms. The number of likely N-dealkylation sites (N-methyl/N-ethyl adjacent to an activating group) is 1. The summed E-state index contributed by atoms with van der Waals surface area (Å²) in [6.45, 7) is 0. The monoisotopic (exact) mass is 243 g/mol. The van der Waals surface area contributed by atoms with Gasteiger partial charge >= 0.3 is 12.1 Å². The Hall–Kier alpha value is -1.18. The molecule has 0 aliphatic heterocycles. The smallest absolute Gasteiger partial charge is 0.349 e. The van der Waals surface area contributed by atoms with E-state index in [1.54, 1.807) is 0 Å². The topological polar surface area (TPSA) is 40.7 Å². The predicted octanol–water partition coefficient (Wildman–Crippen LogP) is 1.74. The summed E-state index contributed by atoms with van der Waals surface area (Å²) in [5.41, 5.74) is 0. The van der Waals surface area contributed by atoms with Crippen molar-refractivity contribution in [1.29, 1.82) is 0 Å². The Bertz CT molecular complexity index is 319. The number of aromatic nitrogens is 2. The molecule has 1 aromatic heterocycles. The Labute approximate surface area is 88.1 Å². The van der Waals surface area contributed by atoms with Gasteiger partial charge in [-0.25, -0.2) is 4.98 Å². The SMILES string of the molecule is CNC(Cc1ncc[nH]1)C(F)(F)C(F)(F)F. The highest BCUT2D eigenvalue weighted by molar-refractivity contribution is 4.98. The summed E-state index contributed by atoms with van der Waals surface area (Å²) >= 11 is 0. The number of hydrogen-bond acceptors (Lipinski definition) is 2. The van der Waals surface area contributed by atoms with Crippen LogP contribution in [0, 0.1) is 0 Å². The Balaban J connectivity index is 2.82. The van der Waals surface area contributed by atoms with Gasteiger partial charge in [-0.05, 0) is 7.05 Å². The lowest BCUT2D eigenvalue weighted by atomic mass is 10.1. The number of H-pyrrole nitrogens is 1. The van der Waals surface area contributed by atoms with Crippen LogP contribution in [0.2, 0.25) is 0 Å². The maximum absolute atomic E-state index is 13.0. The van der Waals surface area contributed by atoms with Crippen molar-refractivity contribution in [3.63, 3.8) is 0 Å². The van der Waals surface area contributed by atoms with Crippen molar-refractivity contribution in [2.75, 3.05) is 7.05 Å². The Morgan fingerprint density at radius 2 is 2.00 bits per heavy atom. The minimum atomic E-state index is -5.58. The zero-order chi connectivity index (χ0) is 12.4. The molecule has 0 aliphatic carbocycles. The Kier molecular flexibility index (Phi) is 3.51. The lowest BCUT2D eigenvalue weighted by Crippen LogP contribution is -2.54. The van der Waals surface area contributed by atoms with E-state index < -0.39 is 24.6 Å². The highest BCUT2D eigenvalue weighted by Crippen LogP contribution is 2.38. The molecule has 1 heterocycles. The molecule has 0 fully saturated rings. The third kappa shape index (κ3) is 2.49. The van der Waals surface area contributed by atoms with E-state index >= 15 is 0 Å². The van der Waals surface area contributed by atoms with E-state index in [9.17, 15) is 22.0 Å². The molecule has 1 unspecified atom stereocenters. The molecule has 0 radical (unpaired) electrons. The molecule has 1 rings (SSSR count). The Morgan fingerprint density at radius 3 is 2.38 bits per heavy atom. The quantitative estimate of drug-likeness (QED) is 0.791. The van der Waals surface area contributed by atoms with Crippen molar-refractivity contribution in [3.8, 4) is 0 Å². The number of rotatable bonds is 4. The third-order valence-corrected chi connectivity index (χ3v) is 2.12. The maximum atomic E-state index is 13.0. The summed E-state index contributed by atoms with van der Waals surface area (Å²) < 4.78 is 62.2. The van der Waals surface area contributed by atoms with Crippen LogP contribution in [0.1, 0.15) is 5.82 Å². The van der Waals surface area contributed by atoms with Crippen LogP contribution >= 0.6 is 0 Å². The first-order chi connectivity index (χ1) is 7.29. The highest BCUT2D eigenvalue weighted by atomic mass is 19.4. The van der Waals surface area contributed by atoms with Gasteiger partial charge < -0.3 is 10.3 Å². The molecule has 8 heteroatoms. The van der Waals surface area contributed by atoms with Gasteiger partial charge in [-0.15, -0.1) is 0 Å². The first kappa shape index (κ1) is 12.9. The summed E-state index contributed by atoms with van der Waals surface area (Å²) in [5, 5.41) is 1.96. The molecule has 2 N–H and O–H groups in total. The average molecular weight is 243 g/mol. The summed E-state index contributed by atoms with van der Waals surface area (Å²) in [5.74, 6) is -4.72. The van der Waals surface area contributed by atoms with Gasteiger partial charge in [-0.2, -0.15) is 22.0 Å². The van der Waals surface area contributed by atoms with Crippen molar-refractivity contribution in [2.45, 2.75) is 24.6 Å². The molecule has 0 aromatic carbocycles. The molecule has 0 amide bonds. The van der Waals surface area contributed by atoms with Gasteiger partial charge in [0.25, 0.3) is 0 Å². The summed E-state index contributed by atoms with van der Waals surface area (Å²) in [6, 6.07) is -2.04. The maximum Gasteiger partial charge on any atom is 0.454 e. The standard InChI is InChI=1S/C8H10F5N3/c1-14-5(4-6-15-2-3-16-6)7(9,10)8(11,12)13/h2-3,5,14H,4H2,1H3,(H,15,16). The zero-order valence-electron chi connectivity index (χ0n) is 8.28. The van der Waals surface area contributed by atoms with Crippen molar-refractivity contribution >= 4 is 0 Å². The predicted molar refractivity (Wildman–Crippen MR) is 46.1 cm³/mol. The third-order valence-electron chi connectivity index (χ3n) is 2.12. The van der Waals surface area contributed by atoms with Crippen molar-refractivity contribution in [1.82, 2.24) is 15.3 Å². The second kappa shape index (κ2) is 4.36. The van der Waals surface area contributed by atoms with Gasteiger partial charge in [-0.3, -0.25) is 0 Å². The van der Waals surface area contributed by atoms with E-state index in [4.69, 9.17) is 0 Å². The summed E-state index contributed by atoms with van der Waals surface area (Å²) in [4.78, 5) is 6.08. The van der Waals surface area contributed by atoms with E-state index in [0.29, 0.717) is 0 Å². The van der Waals surface area contributed by atoms with Crippen molar-refractivity contribution < 1.29 is 22.0 Å². The molecule has 0 aliphatic rings. The van der Waals surface area contributed by atoms with Gasteiger partial charge in [0.2, 0.25) is 0 Å². The van der Waals surface area contributed by atoms with E-state index in [0.717, 1.165) is 7.05 Å². The average Bonchev–Trinajstić information content (AvgIpc) is 2.64. The van der Waals surface area contributed by atoms with Crippen LogP contribution in [0.25, 0.3) is 0 Å². The van der Waals surface area contributed by atoms with Crippen LogP contribution in [-0.2, 0) is 6.42 Å². The highest BCUT2D eigenvalue weighted by Gasteiger charge is 2.61. The van der Waals surface area contributed by atoms with Crippen LogP contribution in [0.4, 0.5) is 22.0 Å². The van der Waals surface area contributed by atoms with Gasteiger partial charge in [0.15, 0.2) is 0 Å². The number of nitrogens with one attached hydrogen (secondary N) is 2. The van der Waals surface area contributed by atoms with Crippen LogP contribution in [0.5, 0.6) is 0 Å². The second-order valence-corrected chi connectivity index (χ2v) is 3.20. The molecule has 0 saturated heterocycles. The normalized spacial score (nSPS) is 15.1. The molecule has 0 spiro atoms. The number of hydrogen-bond donors (Lipinski definition) is 2. The van der Waals surface area contributed by atoms with E-state index in [2.05, 4.69) is 9.97 Å². The van der Waals surface area contributed by atoms with Gasteiger partial charge in [0.1, 0.15) is 5.82 Å². The van der Waals surface area contributed by atoms with Gasteiger partial charge in [0.05, 0.1) is 6.04 Å². The number of aromatic amines is 1. The van der Waals surface area contributed by atoms with E-state index in [1.165, 1.54) is 12.4 Å². The minimum absolute atomic E-state index is 0.0725. The molecule has 16 heavy (non-hydrogen) atoms. The molecule has 0 saturated carbocycles. The number of halogens is 5. The molecule has 3 nitrogen and oxygen atoms in total. The molecular weight excluding hydrogens is 233 g/mol. The largest absolute Gasteiger partial charge is 0.454 e. The fourth-order valence-corrected chi connectivity index (χ4v) is 1.21. The summed E-state index contributed by atoms with van der Waals surface area (Å²) in [7, 11) is 1.05. The number of alkyl halides is 5. The lowest BCUT2D eigenvalue weighted by molar-refractivity contribution is -0.292. The zero-order valence-corrected chi connectivity index (χ0v) is 8.28. The van der Waals surface area contributed by atoms with Gasteiger partial charge in [0, 0.05) is 18.8 Å². The fraction of sp³-hybridized carbons (Fsp3) is 0.625. The first-order valence-corrected chi connectivity index (χ1v) is 4.39. The number of imidazole rings is 1.